The molecule has 13 heteroatoms. The van der Waals surface area contributed by atoms with Crippen LogP contribution < -0.4 is 9.62 Å². The Morgan fingerprint density at radius 2 is 1.82 bits per heavy atom. The van der Waals surface area contributed by atoms with Gasteiger partial charge in [-0.25, -0.2) is 8.42 Å². The Morgan fingerprint density at radius 3 is 2.35 bits per heavy atom. The van der Waals surface area contributed by atoms with E-state index in [-0.39, 0.29) is 29.4 Å². The van der Waals surface area contributed by atoms with Gasteiger partial charge in [0.1, 0.15) is 12.6 Å². The zero-order valence-corrected chi connectivity index (χ0v) is 21.0. The second kappa shape index (κ2) is 11.5. The third kappa shape index (κ3) is 6.81. The summed E-state index contributed by atoms with van der Waals surface area (Å²) in [5.41, 5.74) is 0.196. The zero-order valence-electron chi connectivity index (χ0n) is 18.7. The second-order valence-corrected chi connectivity index (χ2v) is 10.1. The first kappa shape index (κ1) is 27.4. The van der Waals surface area contributed by atoms with Crippen LogP contribution >= 0.6 is 23.2 Å². The van der Waals surface area contributed by atoms with E-state index in [1.54, 1.807) is 25.1 Å². The average molecular weight is 531 g/mol. The molecule has 0 spiro atoms. The number of nitrogens with zero attached hydrogens (tertiary/aromatic N) is 3. The van der Waals surface area contributed by atoms with E-state index in [0.717, 1.165) is 16.6 Å². The van der Waals surface area contributed by atoms with Crippen LogP contribution in [0.1, 0.15) is 18.9 Å². The second-order valence-electron chi connectivity index (χ2n) is 7.35. The predicted octanol–water partition coefficient (Wildman–Crippen LogP) is 3.22. The molecule has 0 radical (unpaired) electrons. The molecule has 1 N–H and O–H groups in total. The third-order valence-electron chi connectivity index (χ3n) is 4.98. The van der Waals surface area contributed by atoms with Crippen molar-refractivity contribution in [3.05, 3.63) is 68.2 Å². The van der Waals surface area contributed by atoms with E-state index < -0.39 is 39.3 Å². The number of halogens is 2. The van der Waals surface area contributed by atoms with Crippen molar-refractivity contribution < 1.29 is 22.9 Å². The lowest BCUT2D eigenvalue weighted by Crippen LogP contribution is -2.51. The Kier molecular flexibility index (Phi) is 9.25. The van der Waals surface area contributed by atoms with Gasteiger partial charge in [-0.3, -0.25) is 24.0 Å². The monoisotopic (exact) mass is 530 g/mol. The molecule has 184 valence electrons. The largest absolute Gasteiger partial charge is 0.357 e. The lowest BCUT2D eigenvalue weighted by atomic mass is 10.1. The smallest absolute Gasteiger partial charge is 0.271 e. The topological polar surface area (TPSA) is 130 Å². The van der Waals surface area contributed by atoms with Gasteiger partial charge in [0.15, 0.2) is 0 Å². The molecule has 2 amide bonds. The number of rotatable bonds is 10. The molecule has 0 fully saturated rings. The minimum absolute atomic E-state index is 0.0474. The minimum Gasteiger partial charge on any atom is -0.357 e. The number of non-ortho nitro benzene ring substituents is 1. The zero-order chi connectivity index (χ0) is 25.6. The van der Waals surface area contributed by atoms with E-state index in [0.29, 0.717) is 10.6 Å². The average Bonchev–Trinajstić information content (AvgIpc) is 2.78. The maximum Gasteiger partial charge on any atom is 0.271 e. The molecule has 1 unspecified atom stereocenters. The van der Waals surface area contributed by atoms with Gasteiger partial charge in [0.05, 0.1) is 26.9 Å². The van der Waals surface area contributed by atoms with Gasteiger partial charge in [0.25, 0.3) is 5.69 Å². The first-order valence-corrected chi connectivity index (χ1v) is 12.7. The van der Waals surface area contributed by atoms with Crippen LogP contribution in [0.4, 0.5) is 11.4 Å². The number of amides is 2. The van der Waals surface area contributed by atoms with E-state index in [4.69, 9.17) is 23.2 Å². The molecule has 0 saturated carbocycles. The molecule has 2 rings (SSSR count). The van der Waals surface area contributed by atoms with Crippen LogP contribution in [0.25, 0.3) is 0 Å². The standard InChI is InChI=1S/C21H24Cl2N4O6S/c1-4-19(21(29)24-2)25(12-14-8-9-17(22)18(23)10-14)20(28)13-26(34(3,32)33)15-6-5-7-16(11-15)27(30)31/h5-11,19H,4,12-13H2,1-3H3,(H,24,29). The summed E-state index contributed by atoms with van der Waals surface area (Å²) >= 11 is 12.1. The van der Waals surface area contributed by atoms with Crippen molar-refractivity contribution in [2.24, 2.45) is 0 Å². The Balaban J connectivity index is 2.48. The number of nitrogens with one attached hydrogen (secondary N) is 1. The molecular formula is C21H24Cl2N4O6S. The summed E-state index contributed by atoms with van der Waals surface area (Å²) in [6.07, 6.45) is 1.14. The first-order chi connectivity index (χ1) is 15.9. The van der Waals surface area contributed by atoms with E-state index in [9.17, 15) is 28.1 Å². The van der Waals surface area contributed by atoms with Gasteiger partial charge >= 0.3 is 0 Å². The van der Waals surface area contributed by atoms with Crippen molar-refractivity contribution in [2.45, 2.75) is 25.9 Å². The number of hydrogen-bond acceptors (Lipinski definition) is 6. The van der Waals surface area contributed by atoms with Crippen LogP contribution in [0, 0.1) is 10.1 Å². The molecule has 10 nitrogen and oxygen atoms in total. The molecule has 0 bridgehead atoms. The number of likely N-dealkylation sites (N-methyl/N-ethyl adjacent to an activating group) is 1. The van der Waals surface area contributed by atoms with Gasteiger partial charge in [-0.2, -0.15) is 0 Å². The van der Waals surface area contributed by atoms with Crippen LogP contribution in [0.5, 0.6) is 0 Å². The number of carbonyl (C=O) groups excluding carboxylic acids is 2. The molecule has 2 aromatic carbocycles. The van der Waals surface area contributed by atoms with Gasteiger partial charge < -0.3 is 10.2 Å². The summed E-state index contributed by atoms with van der Waals surface area (Å²) in [7, 11) is -2.58. The quantitative estimate of drug-likeness (QED) is 0.370. The minimum atomic E-state index is -4.01. The number of anilines is 1. The molecule has 0 aliphatic rings. The fraction of sp³-hybridized carbons (Fsp3) is 0.333. The van der Waals surface area contributed by atoms with Crippen molar-refractivity contribution in [1.82, 2.24) is 10.2 Å². The Morgan fingerprint density at radius 1 is 1.15 bits per heavy atom. The Hall–Kier alpha value is -2.89. The number of nitro groups is 1. The lowest BCUT2D eigenvalue weighted by molar-refractivity contribution is -0.384. The number of benzene rings is 2. The van der Waals surface area contributed by atoms with Crippen LogP contribution in [0.3, 0.4) is 0 Å². The van der Waals surface area contributed by atoms with E-state index in [1.807, 2.05) is 0 Å². The van der Waals surface area contributed by atoms with E-state index in [2.05, 4.69) is 5.32 Å². The highest BCUT2D eigenvalue weighted by atomic mass is 35.5. The fourth-order valence-electron chi connectivity index (χ4n) is 3.30. The summed E-state index contributed by atoms with van der Waals surface area (Å²) in [5, 5.41) is 14.2. The molecule has 0 saturated heterocycles. The van der Waals surface area contributed by atoms with Gasteiger partial charge in [0.2, 0.25) is 21.8 Å². The van der Waals surface area contributed by atoms with Crippen LogP contribution in [0.2, 0.25) is 10.0 Å². The molecule has 0 aliphatic heterocycles. The summed E-state index contributed by atoms with van der Waals surface area (Å²) in [6.45, 7) is 0.993. The van der Waals surface area contributed by atoms with Gasteiger partial charge in [-0.05, 0) is 30.2 Å². The maximum atomic E-state index is 13.4. The predicted molar refractivity (Wildman–Crippen MR) is 130 cm³/mol. The van der Waals surface area contributed by atoms with E-state index >= 15 is 0 Å². The number of nitro benzene ring substituents is 1. The number of carbonyl (C=O) groups is 2. The SMILES string of the molecule is CCC(C(=O)NC)N(Cc1ccc(Cl)c(Cl)c1)C(=O)CN(c1cccc([N+](=O)[O-])c1)S(C)(=O)=O. The lowest BCUT2D eigenvalue weighted by Gasteiger charge is -2.32. The highest BCUT2D eigenvalue weighted by Gasteiger charge is 2.31. The van der Waals surface area contributed by atoms with Gasteiger partial charge in [-0.1, -0.05) is 42.3 Å². The highest BCUT2D eigenvalue weighted by Crippen LogP contribution is 2.26. The molecule has 0 heterocycles. The number of hydrogen-bond donors (Lipinski definition) is 1. The molecule has 34 heavy (non-hydrogen) atoms. The summed E-state index contributed by atoms with van der Waals surface area (Å²) in [5.74, 6) is -1.12. The molecule has 1 atom stereocenters. The van der Waals surface area contributed by atoms with Crippen molar-refractivity contribution in [2.75, 3.05) is 24.2 Å². The summed E-state index contributed by atoms with van der Waals surface area (Å²) < 4.78 is 25.8. The molecule has 0 aliphatic carbocycles. The molecule has 2 aromatic rings. The van der Waals surface area contributed by atoms with Crippen LogP contribution in [0.15, 0.2) is 42.5 Å². The maximum absolute atomic E-state index is 13.4. The molecular weight excluding hydrogens is 507 g/mol. The van der Waals surface area contributed by atoms with Crippen molar-refractivity contribution >= 4 is 56.4 Å². The van der Waals surface area contributed by atoms with Gasteiger partial charge in [0, 0.05) is 25.7 Å². The summed E-state index contributed by atoms with van der Waals surface area (Å²) in [4.78, 5) is 37.7. The first-order valence-electron chi connectivity index (χ1n) is 10.1. The third-order valence-corrected chi connectivity index (χ3v) is 6.86. The highest BCUT2D eigenvalue weighted by molar-refractivity contribution is 7.92. The summed E-state index contributed by atoms with van der Waals surface area (Å²) in [6, 6.07) is 8.78. The van der Waals surface area contributed by atoms with Gasteiger partial charge in [-0.15, -0.1) is 0 Å². The number of sulfonamides is 1. The molecule has 0 aromatic heterocycles. The van der Waals surface area contributed by atoms with Crippen molar-refractivity contribution in [1.29, 1.82) is 0 Å². The van der Waals surface area contributed by atoms with Crippen molar-refractivity contribution in [3.8, 4) is 0 Å². The van der Waals surface area contributed by atoms with Crippen LogP contribution in [-0.4, -0.2) is 55.9 Å². The fourth-order valence-corrected chi connectivity index (χ4v) is 4.46. The van der Waals surface area contributed by atoms with Crippen molar-refractivity contribution in [3.63, 3.8) is 0 Å². The van der Waals surface area contributed by atoms with E-state index in [1.165, 1.54) is 30.1 Å². The Bertz CT molecular complexity index is 1190. The Labute approximate surface area is 207 Å². The normalized spacial score (nSPS) is 12.0. The van der Waals surface area contributed by atoms with Crippen LogP contribution in [-0.2, 0) is 26.2 Å².